The molecule has 2 aliphatic heterocycles. The van der Waals surface area contributed by atoms with Crippen molar-refractivity contribution >= 4 is 5.91 Å². The minimum atomic E-state index is -0.469. The molecule has 2 heterocycles. The highest BCUT2D eigenvalue weighted by Gasteiger charge is 2.45. The highest BCUT2D eigenvalue weighted by Crippen LogP contribution is 2.34. The second-order valence-electron chi connectivity index (χ2n) is 3.54. The molecule has 1 N–H and O–H groups in total. The lowest BCUT2D eigenvalue weighted by Gasteiger charge is -2.20. The van der Waals surface area contributed by atoms with Crippen LogP contribution in [0.4, 0.5) is 0 Å². The summed E-state index contributed by atoms with van der Waals surface area (Å²) in [6, 6.07) is 0.0231. The Bertz CT molecular complexity index is 227. The van der Waals surface area contributed by atoms with E-state index in [2.05, 4.69) is 6.58 Å². The largest absolute Gasteiger partial charge is 0.390 e. The van der Waals surface area contributed by atoms with Crippen molar-refractivity contribution in [1.82, 2.24) is 4.90 Å². The van der Waals surface area contributed by atoms with Crippen molar-refractivity contribution in [3.8, 4) is 0 Å². The van der Waals surface area contributed by atoms with Gasteiger partial charge in [-0.1, -0.05) is 6.08 Å². The molecule has 2 rings (SSSR count). The molecule has 2 aliphatic rings. The number of nitrogens with zero attached hydrogens (tertiary/aromatic N) is 1. The Morgan fingerprint density at radius 3 is 3.08 bits per heavy atom. The Labute approximate surface area is 71.7 Å². The van der Waals surface area contributed by atoms with Gasteiger partial charge in [0.2, 0.25) is 5.91 Å². The van der Waals surface area contributed by atoms with Gasteiger partial charge in [-0.2, -0.15) is 0 Å². The van der Waals surface area contributed by atoms with E-state index in [1.165, 1.54) is 0 Å². The van der Waals surface area contributed by atoms with Crippen LogP contribution in [-0.4, -0.2) is 34.6 Å². The molecule has 0 aromatic carbocycles. The molecule has 12 heavy (non-hydrogen) atoms. The highest BCUT2D eigenvalue weighted by molar-refractivity contribution is 5.80. The van der Waals surface area contributed by atoms with Crippen LogP contribution in [-0.2, 0) is 4.79 Å². The quantitative estimate of drug-likeness (QED) is 0.565. The van der Waals surface area contributed by atoms with Crippen molar-refractivity contribution in [2.45, 2.75) is 25.0 Å². The lowest BCUT2D eigenvalue weighted by atomic mass is 9.97. The molecule has 0 aliphatic carbocycles. The van der Waals surface area contributed by atoms with Crippen LogP contribution >= 0.6 is 0 Å². The minimum Gasteiger partial charge on any atom is -0.390 e. The molecular formula is C9H13NO2. The average molecular weight is 167 g/mol. The Hall–Kier alpha value is -0.830. The van der Waals surface area contributed by atoms with Crippen molar-refractivity contribution in [1.29, 1.82) is 0 Å². The predicted octanol–water partition coefficient (Wildman–Crippen LogP) is 0.154. The van der Waals surface area contributed by atoms with E-state index in [4.69, 9.17) is 0 Å². The standard InChI is InChI=1S/C9H13NO2/c1-2-6-3-4-10-8(12)5-7(11)9(6)10/h2,6-7,9,11H,1,3-5H2/t6-,7-,9+/m1/s1. The maximum absolute atomic E-state index is 11.3. The van der Waals surface area contributed by atoms with Crippen LogP contribution in [0.5, 0.6) is 0 Å². The average Bonchev–Trinajstić information content (AvgIpc) is 2.55. The third-order valence-corrected chi connectivity index (χ3v) is 2.90. The summed E-state index contributed by atoms with van der Waals surface area (Å²) >= 11 is 0. The summed E-state index contributed by atoms with van der Waals surface area (Å²) in [6.45, 7) is 4.50. The fourth-order valence-electron chi connectivity index (χ4n) is 2.30. The molecule has 0 unspecified atom stereocenters. The first-order valence-corrected chi connectivity index (χ1v) is 4.34. The molecule has 0 saturated carbocycles. The van der Waals surface area contributed by atoms with Gasteiger partial charge >= 0.3 is 0 Å². The van der Waals surface area contributed by atoms with Gasteiger partial charge in [0, 0.05) is 12.5 Å². The summed E-state index contributed by atoms with van der Waals surface area (Å²) in [5.74, 6) is 0.392. The van der Waals surface area contributed by atoms with Crippen LogP contribution in [0, 0.1) is 5.92 Å². The van der Waals surface area contributed by atoms with Gasteiger partial charge in [0.05, 0.1) is 18.6 Å². The minimum absolute atomic E-state index is 0.0231. The number of hydrogen-bond donors (Lipinski definition) is 1. The van der Waals surface area contributed by atoms with Crippen molar-refractivity contribution < 1.29 is 9.90 Å². The molecule has 66 valence electrons. The van der Waals surface area contributed by atoms with Gasteiger partial charge in [0.1, 0.15) is 0 Å². The Balaban J connectivity index is 2.22. The number of amides is 1. The van der Waals surface area contributed by atoms with E-state index in [1.54, 1.807) is 4.90 Å². The van der Waals surface area contributed by atoms with Gasteiger partial charge in [0.25, 0.3) is 0 Å². The zero-order valence-electron chi connectivity index (χ0n) is 6.94. The fraction of sp³-hybridized carbons (Fsp3) is 0.667. The van der Waals surface area contributed by atoms with E-state index in [-0.39, 0.29) is 11.9 Å². The monoisotopic (exact) mass is 167 g/mol. The van der Waals surface area contributed by atoms with Crippen molar-refractivity contribution in [2.75, 3.05) is 6.54 Å². The topological polar surface area (TPSA) is 40.5 Å². The number of carbonyl (C=O) groups excluding carboxylic acids is 1. The summed E-state index contributed by atoms with van der Waals surface area (Å²) in [6.07, 6.45) is 2.64. The van der Waals surface area contributed by atoms with Gasteiger partial charge in [-0.3, -0.25) is 4.79 Å². The number of aliphatic hydroxyl groups excluding tert-OH is 1. The van der Waals surface area contributed by atoms with Crippen molar-refractivity contribution in [3.63, 3.8) is 0 Å². The van der Waals surface area contributed by atoms with Crippen LogP contribution in [0.1, 0.15) is 12.8 Å². The molecule has 2 fully saturated rings. The molecule has 0 spiro atoms. The van der Waals surface area contributed by atoms with Crippen LogP contribution in [0.2, 0.25) is 0 Å². The molecule has 0 aromatic heterocycles. The normalized spacial score (nSPS) is 40.2. The maximum Gasteiger partial charge on any atom is 0.225 e. The van der Waals surface area contributed by atoms with Crippen LogP contribution in [0.25, 0.3) is 0 Å². The first-order chi connectivity index (χ1) is 5.74. The lowest BCUT2D eigenvalue weighted by molar-refractivity contribution is -0.127. The van der Waals surface area contributed by atoms with E-state index in [0.717, 1.165) is 13.0 Å². The fourth-order valence-corrected chi connectivity index (χ4v) is 2.30. The smallest absolute Gasteiger partial charge is 0.225 e. The second kappa shape index (κ2) is 2.59. The second-order valence-corrected chi connectivity index (χ2v) is 3.54. The van der Waals surface area contributed by atoms with E-state index < -0.39 is 6.10 Å². The molecule has 0 aromatic rings. The molecule has 3 atom stereocenters. The molecule has 1 amide bonds. The highest BCUT2D eigenvalue weighted by atomic mass is 16.3. The summed E-state index contributed by atoms with van der Waals surface area (Å²) in [4.78, 5) is 13.0. The summed E-state index contributed by atoms with van der Waals surface area (Å²) in [5.41, 5.74) is 0. The van der Waals surface area contributed by atoms with E-state index >= 15 is 0 Å². The Kier molecular flexibility index (Phi) is 1.68. The van der Waals surface area contributed by atoms with Crippen molar-refractivity contribution in [3.05, 3.63) is 12.7 Å². The van der Waals surface area contributed by atoms with Gasteiger partial charge < -0.3 is 10.0 Å². The summed E-state index contributed by atoms with van der Waals surface area (Å²) in [5, 5.41) is 9.56. The van der Waals surface area contributed by atoms with E-state index in [9.17, 15) is 9.90 Å². The number of fused-ring (bicyclic) bond motifs is 1. The van der Waals surface area contributed by atoms with Crippen LogP contribution in [0.15, 0.2) is 12.7 Å². The molecule has 2 saturated heterocycles. The first kappa shape index (κ1) is 7.80. The van der Waals surface area contributed by atoms with Crippen LogP contribution < -0.4 is 0 Å². The zero-order chi connectivity index (χ0) is 8.72. The lowest BCUT2D eigenvalue weighted by Crippen LogP contribution is -2.34. The van der Waals surface area contributed by atoms with Gasteiger partial charge in [0.15, 0.2) is 0 Å². The van der Waals surface area contributed by atoms with Gasteiger partial charge in [-0.05, 0) is 6.42 Å². The molecule has 3 heteroatoms. The molecule has 0 radical (unpaired) electrons. The number of rotatable bonds is 1. The summed E-state index contributed by atoms with van der Waals surface area (Å²) < 4.78 is 0. The van der Waals surface area contributed by atoms with E-state index in [1.807, 2.05) is 6.08 Å². The number of aliphatic hydroxyl groups is 1. The number of carbonyl (C=O) groups is 1. The Morgan fingerprint density at radius 2 is 2.42 bits per heavy atom. The summed E-state index contributed by atoms with van der Waals surface area (Å²) in [7, 11) is 0. The molecular weight excluding hydrogens is 154 g/mol. The third-order valence-electron chi connectivity index (χ3n) is 2.90. The number of hydrogen-bond acceptors (Lipinski definition) is 2. The molecule has 0 bridgehead atoms. The third kappa shape index (κ3) is 0.894. The Morgan fingerprint density at radius 1 is 1.67 bits per heavy atom. The molecule has 3 nitrogen and oxygen atoms in total. The SMILES string of the molecule is C=C[C@@H]1CCN2C(=O)C[C@@H](O)[C@H]12. The maximum atomic E-state index is 11.3. The van der Waals surface area contributed by atoms with Crippen LogP contribution in [0.3, 0.4) is 0 Å². The zero-order valence-corrected chi connectivity index (χ0v) is 6.94. The van der Waals surface area contributed by atoms with Crippen molar-refractivity contribution in [2.24, 2.45) is 5.92 Å². The van der Waals surface area contributed by atoms with E-state index in [0.29, 0.717) is 12.3 Å². The first-order valence-electron chi connectivity index (χ1n) is 4.34. The van der Waals surface area contributed by atoms with Gasteiger partial charge in [-0.15, -0.1) is 6.58 Å². The van der Waals surface area contributed by atoms with Gasteiger partial charge in [-0.25, -0.2) is 0 Å². The predicted molar refractivity (Wildman–Crippen MR) is 44.4 cm³/mol.